The standard InChI is InChI=1S/C23H32F2N4O2S/c1-14(2)19-9-16(23(24)25)10-20(15(3)4)21(19)11-22(30)28-32(26,31)18-8-7-17(27-12-18)13-29(5)6/h7-10,12,14-15,23H,11,13H2,1-6H3,(H2,26,28,30,31). The smallest absolute Gasteiger partial charge is 0.263 e. The third kappa shape index (κ3) is 6.63. The van der Waals surface area contributed by atoms with Crippen LogP contribution in [0.15, 0.2) is 39.7 Å². The Morgan fingerprint density at radius 1 is 1.12 bits per heavy atom. The highest BCUT2D eigenvalue weighted by molar-refractivity contribution is 7.91. The topological polar surface area (TPSA) is 88.7 Å². The van der Waals surface area contributed by atoms with Gasteiger partial charge in [0.1, 0.15) is 9.92 Å². The Bertz CT molecular complexity index is 1040. The molecule has 1 unspecified atom stereocenters. The Morgan fingerprint density at radius 3 is 2.09 bits per heavy atom. The molecule has 1 atom stereocenters. The fraction of sp³-hybridized carbons (Fsp3) is 0.478. The quantitative estimate of drug-likeness (QED) is 0.605. The normalized spacial score (nSPS) is 13.8. The maximum atomic E-state index is 13.4. The first-order valence-electron chi connectivity index (χ1n) is 10.4. The summed E-state index contributed by atoms with van der Waals surface area (Å²) in [4.78, 5) is 19.1. The first kappa shape index (κ1) is 26.0. The minimum absolute atomic E-state index is 0.0722. The molecule has 0 aliphatic carbocycles. The summed E-state index contributed by atoms with van der Waals surface area (Å²) in [5.41, 5.74) is 2.66. The van der Waals surface area contributed by atoms with Crippen LogP contribution in [0.2, 0.25) is 0 Å². The van der Waals surface area contributed by atoms with E-state index in [1.165, 1.54) is 18.3 Å². The van der Waals surface area contributed by atoms with E-state index in [1.54, 1.807) is 12.1 Å². The van der Waals surface area contributed by atoms with E-state index in [1.807, 2.05) is 46.7 Å². The Labute approximate surface area is 189 Å². The minimum atomic E-state index is -3.48. The van der Waals surface area contributed by atoms with Crippen LogP contribution >= 0.6 is 0 Å². The van der Waals surface area contributed by atoms with Crippen LogP contribution in [0.3, 0.4) is 0 Å². The summed E-state index contributed by atoms with van der Waals surface area (Å²) in [6.07, 6.45) is -1.40. The summed E-state index contributed by atoms with van der Waals surface area (Å²) in [7, 11) is 0.323. The fourth-order valence-electron chi connectivity index (χ4n) is 3.49. The number of carbonyl (C=O) groups is 1. The predicted octanol–water partition coefficient (Wildman–Crippen LogP) is 4.80. The molecule has 2 rings (SSSR count). The fourth-order valence-corrected chi connectivity index (χ4v) is 4.43. The van der Waals surface area contributed by atoms with Crippen LogP contribution in [0.1, 0.15) is 73.9 Å². The summed E-state index contributed by atoms with van der Waals surface area (Å²) in [5.74, 6) is -0.821. The molecule has 6 nitrogen and oxygen atoms in total. The van der Waals surface area contributed by atoms with Gasteiger partial charge in [-0.05, 0) is 66.9 Å². The second-order valence-corrected chi connectivity index (χ2v) is 10.5. The second kappa shape index (κ2) is 10.6. The van der Waals surface area contributed by atoms with E-state index < -0.39 is 22.2 Å². The maximum absolute atomic E-state index is 13.4. The molecule has 0 bridgehead atoms. The molecule has 0 aliphatic rings. The number of pyridine rings is 1. The van der Waals surface area contributed by atoms with Crippen molar-refractivity contribution < 1.29 is 17.8 Å². The number of carbonyl (C=O) groups excluding carboxylic acids is 1. The van der Waals surface area contributed by atoms with Crippen molar-refractivity contribution in [2.75, 3.05) is 14.1 Å². The van der Waals surface area contributed by atoms with Crippen LogP contribution in [0.25, 0.3) is 0 Å². The highest BCUT2D eigenvalue weighted by atomic mass is 32.2. The molecule has 1 heterocycles. The molecule has 32 heavy (non-hydrogen) atoms. The van der Waals surface area contributed by atoms with Crippen LogP contribution < -0.4 is 5.14 Å². The second-order valence-electron chi connectivity index (χ2n) is 8.74. The largest absolute Gasteiger partial charge is 0.304 e. The number of rotatable bonds is 8. The number of nitrogens with two attached hydrogens (primary N) is 1. The number of benzene rings is 1. The lowest BCUT2D eigenvalue weighted by Gasteiger charge is -2.21. The van der Waals surface area contributed by atoms with Crippen molar-refractivity contribution in [3.05, 3.63) is 58.4 Å². The van der Waals surface area contributed by atoms with Gasteiger partial charge in [-0.1, -0.05) is 27.7 Å². The van der Waals surface area contributed by atoms with E-state index in [4.69, 9.17) is 5.14 Å². The van der Waals surface area contributed by atoms with Crippen molar-refractivity contribution in [1.29, 1.82) is 0 Å². The van der Waals surface area contributed by atoms with E-state index in [-0.39, 0.29) is 28.7 Å². The summed E-state index contributed by atoms with van der Waals surface area (Å²) >= 11 is 0. The maximum Gasteiger partial charge on any atom is 0.263 e. The van der Waals surface area contributed by atoms with Gasteiger partial charge in [0, 0.05) is 18.3 Å². The van der Waals surface area contributed by atoms with E-state index in [2.05, 4.69) is 9.35 Å². The lowest BCUT2D eigenvalue weighted by molar-refractivity contribution is -0.117. The number of aromatic nitrogens is 1. The monoisotopic (exact) mass is 466 g/mol. The molecule has 2 aromatic rings. The highest BCUT2D eigenvalue weighted by Crippen LogP contribution is 2.33. The van der Waals surface area contributed by atoms with Gasteiger partial charge in [-0.2, -0.15) is 0 Å². The minimum Gasteiger partial charge on any atom is -0.304 e. The molecular formula is C23H32F2N4O2S. The Balaban J connectivity index is 2.43. The SMILES string of the molecule is CC(C)c1cc(C(F)F)cc(C(C)C)c1CC(=O)N=S(N)(=O)c1ccc(CN(C)C)nc1. The van der Waals surface area contributed by atoms with E-state index >= 15 is 0 Å². The number of hydrogen-bond acceptors (Lipinski definition) is 4. The molecule has 0 saturated heterocycles. The van der Waals surface area contributed by atoms with Crippen LogP contribution in [0, 0.1) is 0 Å². The molecule has 176 valence electrons. The summed E-state index contributed by atoms with van der Waals surface area (Å²) < 4.78 is 43.6. The Kier molecular flexibility index (Phi) is 8.61. The van der Waals surface area contributed by atoms with Crippen molar-refractivity contribution in [2.45, 2.75) is 63.8 Å². The summed E-state index contributed by atoms with van der Waals surface area (Å²) in [6, 6.07) is 6.13. The molecule has 2 N–H and O–H groups in total. The lowest BCUT2D eigenvalue weighted by Crippen LogP contribution is -2.18. The first-order valence-corrected chi connectivity index (χ1v) is 12.0. The number of alkyl halides is 2. The zero-order chi connectivity index (χ0) is 24.2. The summed E-state index contributed by atoms with van der Waals surface area (Å²) in [6.45, 7) is 8.13. The van der Waals surface area contributed by atoms with Gasteiger partial charge < -0.3 is 4.90 Å². The molecule has 0 fully saturated rings. The van der Waals surface area contributed by atoms with Gasteiger partial charge in [0.05, 0.1) is 17.0 Å². The zero-order valence-corrected chi connectivity index (χ0v) is 20.2. The molecule has 0 aliphatic heterocycles. The van der Waals surface area contributed by atoms with Gasteiger partial charge in [0.15, 0.2) is 0 Å². The highest BCUT2D eigenvalue weighted by Gasteiger charge is 2.22. The van der Waals surface area contributed by atoms with Crippen LogP contribution in [-0.4, -0.2) is 34.1 Å². The molecular weight excluding hydrogens is 434 g/mol. The van der Waals surface area contributed by atoms with Crippen LogP contribution in [0.5, 0.6) is 0 Å². The number of nitrogens with zero attached hydrogens (tertiary/aromatic N) is 3. The zero-order valence-electron chi connectivity index (χ0n) is 19.4. The first-order chi connectivity index (χ1) is 14.8. The molecule has 0 saturated carbocycles. The van der Waals surface area contributed by atoms with Gasteiger partial charge in [0.2, 0.25) is 0 Å². The van der Waals surface area contributed by atoms with E-state index in [0.717, 1.165) is 5.69 Å². The summed E-state index contributed by atoms with van der Waals surface area (Å²) in [5, 5.41) is 5.89. The van der Waals surface area contributed by atoms with Gasteiger partial charge in [-0.3, -0.25) is 9.78 Å². The Hall–Kier alpha value is -2.23. The third-order valence-electron chi connectivity index (χ3n) is 5.02. The van der Waals surface area contributed by atoms with Gasteiger partial charge >= 0.3 is 0 Å². The molecule has 9 heteroatoms. The molecule has 1 aromatic heterocycles. The lowest BCUT2D eigenvalue weighted by atomic mass is 9.85. The van der Waals surface area contributed by atoms with Crippen molar-refractivity contribution in [1.82, 2.24) is 9.88 Å². The third-order valence-corrected chi connectivity index (χ3v) is 6.41. The van der Waals surface area contributed by atoms with Crippen molar-refractivity contribution >= 4 is 15.8 Å². The molecule has 0 radical (unpaired) electrons. The van der Waals surface area contributed by atoms with Crippen LogP contribution in [-0.2, 0) is 27.7 Å². The number of hydrogen-bond donors (Lipinski definition) is 1. The number of halogens is 2. The van der Waals surface area contributed by atoms with Crippen LogP contribution in [0.4, 0.5) is 8.78 Å². The molecule has 1 amide bonds. The van der Waals surface area contributed by atoms with Gasteiger partial charge in [0.25, 0.3) is 12.3 Å². The number of amides is 1. The van der Waals surface area contributed by atoms with Crippen molar-refractivity contribution in [2.24, 2.45) is 9.50 Å². The van der Waals surface area contributed by atoms with Crippen molar-refractivity contribution in [3.63, 3.8) is 0 Å². The van der Waals surface area contributed by atoms with Gasteiger partial charge in [-0.25, -0.2) is 18.1 Å². The average Bonchev–Trinajstić information content (AvgIpc) is 2.66. The Morgan fingerprint density at radius 2 is 1.69 bits per heavy atom. The molecule has 0 spiro atoms. The van der Waals surface area contributed by atoms with Gasteiger partial charge in [-0.15, -0.1) is 4.36 Å². The van der Waals surface area contributed by atoms with Crippen molar-refractivity contribution in [3.8, 4) is 0 Å². The van der Waals surface area contributed by atoms with E-state index in [9.17, 15) is 17.8 Å². The van der Waals surface area contributed by atoms with E-state index in [0.29, 0.717) is 23.2 Å². The predicted molar refractivity (Wildman–Crippen MR) is 123 cm³/mol. The molecule has 1 aromatic carbocycles. The average molecular weight is 467 g/mol.